The zero-order chi connectivity index (χ0) is 27.5. The molecule has 0 spiro atoms. The number of carbonyl (C=O) groups is 4. The van der Waals surface area contributed by atoms with Gasteiger partial charge >= 0.3 is 23.9 Å². The van der Waals surface area contributed by atoms with E-state index in [1.165, 1.54) is 11.8 Å². The van der Waals surface area contributed by atoms with Gasteiger partial charge in [-0.1, -0.05) is 11.8 Å². The summed E-state index contributed by atoms with van der Waals surface area (Å²) >= 11 is 1.35. The summed E-state index contributed by atoms with van der Waals surface area (Å²) in [4.78, 5) is 57.3. The molecule has 0 atom stereocenters. The quantitative estimate of drug-likeness (QED) is 0.265. The van der Waals surface area contributed by atoms with E-state index < -0.39 is 11.9 Å². The summed E-state index contributed by atoms with van der Waals surface area (Å²) in [5, 5.41) is 0. The van der Waals surface area contributed by atoms with Crippen molar-refractivity contribution in [3.05, 3.63) is 33.9 Å². The Labute approximate surface area is 221 Å². The Balaban J connectivity index is 2.54. The number of aryl methyl sites for hydroxylation is 2. The maximum absolute atomic E-state index is 12.7. The maximum Gasteiger partial charge on any atom is 0.355 e. The Bertz CT molecular complexity index is 1030. The van der Waals surface area contributed by atoms with Crippen molar-refractivity contribution in [3.63, 3.8) is 0 Å². The second kappa shape index (κ2) is 14.5. The van der Waals surface area contributed by atoms with E-state index in [-0.39, 0.29) is 75.4 Å². The molecule has 0 bridgehead atoms. The molecule has 204 valence electrons. The fourth-order valence-corrected chi connectivity index (χ4v) is 5.12. The SMILES string of the molecule is CCOC(=O)CCc1c(C(=O)OCC)[nH]c(C)c1Sc1c(C)[nH]c(C(=O)OCC)c1CCC(=O)OCC. The number of aromatic amines is 2. The van der Waals surface area contributed by atoms with Gasteiger partial charge in [0, 0.05) is 34.0 Å². The highest BCUT2D eigenvalue weighted by Crippen LogP contribution is 2.41. The molecule has 0 aliphatic rings. The number of carbonyl (C=O) groups excluding carboxylic acids is 4. The fourth-order valence-electron chi connectivity index (χ4n) is 3.85. The Morgan fingerprint density at radius 1 is 0.622 bits per heavy atom. The number of rotatable bonds is 14. The number of H-pyrrole nitrogens is 2. The minimum Gasteiger partial charge on any atom is -0.466 e. The molecular weight excluding hydrogens is 500 g/mol. The molecule has 0 amide bonds. The number of hydrogen-bond acceptors (Lipinski definition) is 9. The lowest BCUT2D eigenvalue weighted by Crippen LogP contribution is -2.11. The molecule has 2 aromatic heterocycles. The van der Waals surface area contributed by atoms with E-state index in [1.54, 1.807) is 27.7 Å². The smallest absolute Gasteiger partial charge is 0.355 e. The van der Waals surface area contributed by atoms with Crippen molar-refractivity contribution in [2.45, 2.75) is 77.0 Å². The van der Waals surface area contributed by atoms with E-state index in [0.29, 0.717) is 22.5 Å². The maximum atomic E-state index is 12.7. The van der Waals surface area contributed by atoms with E-state index in [4.69, 9.17) is 18.9 Å². The van der Waals surface area contributed by atoms with Gasteiger partial charge in [-0.05, 0) is 65.5 Å². The van der Waals surface area contributed by atoms with Gasteiger partial charge in [-0.2, -0.15) is 0 Å². The third kappa shape index (κ3) is 7.88. The lowest BCUT2D eigenvalue weighted by molar-refractivity contribution is -0.144. The van der Waals surface area contributed by atoms with Gasteiger partial charge in [-0.3, -0.25) is 9.59 Å². The average molecular weight is 537 g/mol. The largest absolute Gasteiger partial charge is 0.466 e. The summed E-state index contributed by atoms with van der Waals surface area (Å²) in [7, 11) is 0. The van der Waals surface area contributed by atoms with Crippen molar-refractivity contribution in [2.75, 3.05) is 26.4 Å². The average Bonchev–Trinajstić information content (AvgIpc) is 3.33. The molecule has 2 rings (SSSR count). The Morgan fingerprint density at radius 2 is 0.973 bits per heavy atom. The molecule has 0 fully saturated rings. The van der Waals surface area contributed by atoms with Gasteiger partial charge in [-0.25, -0.2) is 9.59 Å². The molecule has 11 heteroatoms. The number of ether oxygens (including phenoxy) is 4. The van der Waals surface area contributed by atoms with Crippen LogP contribution in [0.25, 0.3) is 0 Å². The predicted octanol–water partition coefficient (Wildman–Crippen LogP) is 4.46. The molecule has 0 aliphatic heterocycles. The van der Waals surface area contributed by atoms with Crippen molar-refractivity contribution in [3.8, 4) is 0 Å². The number of hydrogen-bond donors (Lipinski definition) is 2. The van der Waals surface area contributed by atoms with E-state index >= 15 is 0 Å². The van der Waals surface area contributed by atoms with E-state index in [1.807, 2.05) is 13.8 Å². The van der Waals surface area contributed by atoms with Gasteiger partial charge in [0.05, 0.1) is 26.4 Å². The third-order valence-electron chi connectivity index (χ3n) is 5.39. The lowest BCUT2D eigenvalue weighted by atomic mass is 10.1. The van der Waals surface area contributed by atoms with Crippen LogP contribution in [0.5, 0.6) is 0 Å². The highest BCUT2D eigenvalue weighted by molar-refractivity contribution is 7.99. The summed E-state index contributed by atoms with van der Waals surface area (Å²) in [6.45, 7) is 11.5. The first-order valence-corrected chi connectivity index (χ1v) is 13.3. The fraction of sp³-hybridized carbons (Fsp3) is 0.538. The molecule has 2 N–H and O–H groups in total. The normalized spacial score (nSPS) is 10.8. The monoisotopic (exact) mass is 536 g/mol. The molecule has 0 aromatic carbocycles. The molecule has 0 saturated carbocycles. The molecule has 0 saturated heterocycles. The van der Waals surface area contributed by atoms with Crippen LogP contribution in [0.15, 0.2) is 9.79 Å². The number of nitrogens with one attached hydrogen (secondary N) is 2. The number of aromatic nitrogens is 2. The first-order chi connectivity index (χ1) is 17.7. The van der Waals surface area contributed by atoms with Crippen LogP contribution >= 0.6 is 11.8 Å². The van der Waals surface area contributed by atoms with Crippen LogP contribution in [0, 0.1) is 13.8 Å². The number of esters is 4. The molecular formula is C26H36N2O8S. The summed E-state index contributed by atoms with van der Waals surface area (Å²) in [6.07, 6.45) is 0.681. The summed E-state index contributed by atoms with van der Waals surface area (Å²) in [5.74, 6) is -1.77. The van der Waals surface area contributed by atoms with E-state index in [0.717, 1.165) is 9.79 Å². The summed E-state index contributed by atoms with van der Waals surface area (Å²) < 4.78 is 20.6. The Kier molecular flexibility index (Phi) is 11.8. The van der Waals surface area contributed by atoms with Crippen LogP contribution in [-0.4, -0.2) is 60.3 Å². The van der Waals surface area contributed by atoms with Crippen LogP contribution < -0.4 is 0 Å². The predicted molar refractivity (Wildman–Crippen MR) is 137 cm³/mol. The third-order valence-corrected chi connectivity index (χ3v) is 6.90. The molecule has 37 heavy (non-hydrogen) atoms. The Hall–Kier alpha value is -3.21. The van der Waals surface area contributed by atoms with Crippen molar-refractivity contribution in [1.82, 2.24) is 9.97 Å². The van der Waals surface area contributed by atoms with Crippen LogP contribution in [0.3, 0.4) is 0 Å². The van der Waals surface area contributed by atoms with Gasteiger partial charge in [0.15, 0.2) is 0 Å². The molecule has 2 heterocycles. The van der Waals surface area contributed by atoms with Gasteiger partial charge in [0.2, 0.25) is 0 Å². The molecule has 0 radical (unpaired) electrons. The molecule has 10 nitrogen and oxygen atoms in total. The van der Waals surface area contributed by atoms with Gasteiger partial charge in [0.1, 0.15) is 11.4 Å². The first-order valence-electron chi connectivity index (χ1n) is 12.4. The van der Waals surface area contributed by atoms with Crippen LogP contribution in [0.1, 0.15) is 84.0 Å². The van der Waals surface area contributed by atoms with Crippen LogP contribution in [-0.2, 0) is 41.4 Å². The minimum absolute atomic E-state index is 0.0843. The summed E-state index contributed by atoms with van der Waals surface area (Å²) in [6, 6.07) is 0. The lowest BCUT2D eigenvalue weighted by Gasteiger charge is -2.10. The highest BCUT2D eigenvalue weighted by atomic mass is 32.2. The highest BCUT2D eigenvalue weighted by Gasteiger charge is 2.27. The van der Waals surface area contributed by atoms with Crippen molar-refractivity contribution < 1.29 is 38.1 Å². The second-order valence-corrected chi connectivity index (χ2v) is 9.04. The second-order valence-electron chi connectivity index (χ2n) is 8.02. The molecule has 2 aromatic rings. The van der Waals surface area contributed by atoms with Crippen LogP contribution in [0.2, 0.25) is 0 Å². The van der Waals surface area contributed by atoms with E-state index in [9.17, 15) is 19.2 Å². The Morgan fingerprint density at radius 3 is 1.30 bits per heavy atom. The van der Waals surface area contributed by atoms with E-state index in [2.05, 4.69) is 9.97 Å². The van der Waals surface area contributed by atoms with Gasteiger partial charge in [-0.15, -0.1) is 0 Å². The zero-order valence-corrected chi connectivity index (χ0v) is 23.1. The van der Waals surface area contributed by atoms with Gasteiger partial charge in [0.25, 0.3) is 0 Å². The topological polar surface area (TPSA) is 137 Å². The summed E-state index contributed by atoms with van der Waals surface area (Å²) in [5.41, 5.74) is 3.23. The molecule has 0 unspecified atom stereocenters. The first kappa shape index (κ1) is 30.0. The van der Waals surface area contributed by atoms with Crippen molar-refractivity contribution in [1.29, 1.82) is 0 Å². The van der Waals surface area contributed by atoms with Crippen LogP contribution in [0.4, 0.5) is 0 Å². The zero-order valence-electron chi connectivity index (χ0n) is 22.3. The molecule has 0 aliphatic carbocycles. The standard InChI is InChI=1S/C26H36N2O8S/c1-7-33-19(29)13-11-17-21(25(31)35-9-3)27-15(5)23(17)37-24-16(6)28-22(26(32)36-10-4)18(24)12-14-20(30)34-8-2/h27-28H,7-14H2,1-6H3. The minimum atomic E-state index is -0.517. The van der Waals surface area contributed by atoms with Gasteiger partial charge < -0.3 is 28.9 Å². The van der Waals surface area contributed by atoms with Crippen molar-refractivity contribution in [2.24, 2.45) is 0 Å². The van der Waals surface area contributed by atoms with Crippen molar-refractivity contribution >= 4 is 35.6 Å².